The molecule has 0 amide bonds. The predicted molar refractivity (Wildman–Crippen MR) is 52.5 cm³/mol. The van der Waals surface area contributed by atoms with Crippen LogP contribution in [0.5, 0.6) is 0 Å². The molecule has 0 unspecified atom stereocenters. The largest absolute Gasteiger partial charge is 0.382 e. The van der Waals surface area contributed by atoms with Crippen LogP contribution < -0.4 is 11.1 Å². The highest BCUT2D eigenvalue weighted by molar-refractivity contribution is 5.26. The SMILES string of the molecule is Cc1nc(N)cn1C1CCNCC1. The fourth-order valence-corrected chi connectivity index (χ4v) is 1.96. The molecule has 1 saturated heterocycles. The minimum atomic E-state index is 0.589. The van der Waals surface area contributed by atoms with Gasteiger partial charge in [-0.2, -0.15) is 0 Å². The summed E-state index contributed by atoms with van der Waals surface area (Å²) in [6.45, 7) is 4.21. The Morgan fingerprint density at radius 1 is 1.54 bits per heavy atom. The Morgan fingerprint density at radius 3 is 2.77 bits per heavy atom. The van der Waals surface area contributed by atoms with Crippen molar-refractivity contribution in [3.8, 4) is 0 Å². The van der Waals surface area contributed by atoms with E-state index in [1.165, 1.54) is 12.8 Å². The van der Waals surface area contributed by atoms with Crippen molar-refractivity contribution < 1.29 is 0 Å². The van der Waals surface area contributed by atoms with Gasteiger partial charge in [0.25, 0.3) is 0 Å². The summed E-state index contributed by atoms with van der Waals surface area (Å²) in [5.74, 6) is 1.67. The highest BCUT2D eigenvalue weighted by Crippen LogP contribution is 2.21. The first-order valence-corrected chi connectivity index (χ1v) is 4.79. The zero-order valence-electron chi connectivity index (χ0n) is 7.95. The molecule has 0 atom stereocenters. The lowest BCUT2D eigenvalue weighted by molar-refractivity contribution is 0.363. The summed E-state index contributed by atoms with van der Waals surface area (Å²) in [4.78, 5) is 4.21. The Bertz CT molecular complexity index is 286. The van der Waals surface area contributed by atoms with Crippen LogP contribution in [0.3, 0.4) is 0 Å². The normalized spacial score (nSPS) is 19.2. The molecule has 1 aromatic rings. The summed E-state index contributed by atoms with van der Waals surface area (Å²) in [7, 11) is 0. The van der Waals surface area contributed by atoms with Gasteiger partial charge in [-0.3, -0.25) is 0 Å². The molecule has 72 valence electrons. The molecule has 4 heteroatoms. The van der Waals surface area contributed by atoms with Gasteiger partial charge < -0.3 is 15.6 Å². The van der Waals surface area contributed by atoms with E-state index in [9.17, 15) is 0 Å². The lowest BCUT2D eigenvalue weighted by atomic mass is 10.1. The smallest absolute Gasteiger partial charge is 0.141 e. The van der Waals surface area contributed by atoms with Crippen LogP contribution in [0.2, 0.25) is 0 Å². The van der Waals surface area contributed by atoms with Crippen molar-refractivity contribution in [1.82, 2.24) is 14.9 Å². The molecule has 0 spiro atoms. The van der Waals surface area contributed by atoms with Gasteiger partial charge in [-0.1, -0.05) is 0 Å². The van der Waals surface area contributed by atoms with Crippen LogP contribution in [0.4, 0.5) is 5.82 Å². The second-order valence-corrected chi connectivity index (χ2v) is 3.60. The molecule has 0 aliphatic carbocycles. The van der Waals surface area contributed by atoms with E-state index in [0.717, 1.165) is 18.9 Å². The van der Waals surface area contributed by atoms with E-state index < -0.39 is 0 Å². The Hall–Kier alpha value is -1.03. The van der Waals surface area contributed by atoms with Gasteiger partial charge in [0.05, 0.1) is 0 Å². The number of imidazole rings is 1. The van der Waals surface area contributed by atoms with Gasteiger partial charge in [-0.15, -0.1) is 0 Å². The monoisotopic (exact) mass is 180 g/mol. The predicted octanol–water partition coefficient (Wildman–Crippen LogP) is 0.698. The number of aromatic nitrogens is 2. The zero-order valence-corrected chi connectivity index (χ0v) is 7.95. The van der Waals surface area contributed by atoms with Crippen molar-refractivity contribution in [2.24, 2.45) is 0 Å². The first kappa shape index (κ1) is 8.56. The number of aryl methyl sites for hydroxylation is 1. The molecule has 2 rings (SSSR count). The molecule has 3 N–H and O–H groups in total. The summed E-state index contributed by atoms with van der Waals surface area (Å²) in [5.41, 5.74) is 5.64. The number of nitrogens with one attached hydrogen (secondary N) is 1. The molecule has 2 heterocycles. The standard InChI is InChI=1S/C9H16N4/c1-7-12-9(10)6-13(7)8-2-4-11-5-3-8/h6,8,11H,2-5,10H2,1H3. The maximum absolute atomic E-state index is 5.64. The number of hydrogen-bond acceptors (Lipinski definition) is 3. The number of nitrogen functional groups attached to an aromatic ring is 1. The Morgan fingerprint density at radius 2 is 2.23 bits per heavy atom. The second-order valence-electron chi connectivity index (χ2n) is 3.60. The molecule has 0 radical (unpaired) electrons. The van der Waals surface area contributed by atoms with Crippen LogP contribution in [-0.2, 0) is 0 Å². The molecule has 13 heavy (non-hydrogen) atoms. The van der Waals surface area contributed by atoms with Crippen LogP contribution in [0.15, 0.2) is 6.20 Å². The maximum atomic E-state index is 5.64. The number of nitrogens with zero attached hydrogens (tertiary/aromatic N) is 2. The molecule has 0 bridgehead atoms. The molecular weight excluding hydrogens is 164 g/mol. The molecule has 4 nitrogen and oxygen atoms in total. The van der Waals surface area contributed by atoms with E-state index in [1.54, 1.807) is 0 Å². The topological polar surface area (TPSA) is 55.9 Å². The molecule has 0 saturated carbocycles. The van der Waals surface area contributed by atoms with Gasteiger partial charge in [-0.05, 0) is 32.9 Å². The molecule has 0 aromatic carbocycles. The molecule has 1 aliphatic heterocycles. The van der Waals surface area contributed by atoms with Crippen molar-refractivity contribution in [3.05, 3.63) is 12.0 Å². The average Bonchev–Trinajstić information content (AvgIpc) is 2.47. The fraction of sp³-hybridized carbons (Fsp3) is 0.667. The number of anilines is 1. The van der Waals surface area contributed by atoms with Gasteiger partial charge in [0.15, 0.2) is 0 Å². The van der Waals surface area contributed by atoms with Gasteiger partial charge in [0, 0.05) is 12.2 Å². The van der Waals surface area contributed by atoms with Crippen molar-refractivity contribution in [2.45, 2.75) is 25.8 Å². The maximum Gasteiger partial charge on any atom is 0.141 e. The van der Waals surface area contributed by atoms with Crippen LogP contribution in [0.25, 0.3) is 0 Å². The third kappa shape index (κ3) is 1.67. The van der Waals surface area contributed by atoms with Crippen LogP contribution in [-0.4, -0.2) is 22.6 Å². The Kier molecular flexibility index (Phi) is 2.22. The van der Waals surface area contributed by atoms with Crippen molar-refractivity contribution in [1.29, 1.82) is 0 Å². The summed E-state index contributed by atoms with van der Waals surface area (Å²) in [5, 5.41) is 3.35. The molecule has 1 aromatic heterocycles. The third-order valence-corrected chi connectivity index (χ3v) is 2.64. The van der Waals surface area contributed by atoms with E-state index in [-0.39, 0.29) is 0 Å². The van der Waals surface area contributed by atoms with Crippen LogP contribution >= 0.6 is 0 Å². The van der Waals surface area contributed by atoms with Gasteiger partial charge in [0.2, 0.25) is 0 Å². The molecule has 1 aliphatic rings. The summed E-state index contributed by atoms with van der Waals surface area (Å²) >= 11 is 0. The lowest BCUT2D eigenvalue weighted by Crippen LogP contribution is -2.29. The first-order chi connectivity index (χ1) is 6.27. The number of hydrogen-bond donors (Lipinski definition) is 2. The fourth-order valence-electron chi connectivity index (χ4n) is 1.96. The zero-order chi connectivity index (χ0) is 9.26. The van der Waals surface area contributed by atoms with E-state index in [0.29, 0.717) is 11.9 Å². The number of rotatable bonds is 1. The molecular formula is C9H16N4. The highest BCUT2D eigenvalue weighted by atomic mass is 15.1. The van der Waals surface area contributed by atoms with E-state index in [4.69, 9.17) is 5.73 Å². The summed E-state index contributed by atoms with van der Waals surface area (Å²) in [6, 6.07) is 0.589. The van der Waals surface area contributed by atoms with Crippen LogP contribution in [0, 0.1) is 6.92 Å². The lowest BCUT2D eigenvalue weighted by Gasteiger charge is -2.24. The van der Waals surface area contributed by atoms with E-state index in [1.807, 2.05) is 13.1 Å². The first-order valence-electron chi connectivity index (χ1n) is 4.79. The second kappa shape index (κ2) is 3.38. The van der Waals surface area contributed by atoms with Crippen molar-refractivity contribution >= 4 is 5.82 Å². The Labute approximate surface area is 78.1 Å². The highest BCUT2D eigenvalue weighted by Gasteiger charge is 2.16. The summed E-state index contributed by atoms with van der Waals surface area (Å²) in [6.07, 6.45) is 4.30. The van der Waals surface area contributed by atoms with Crippen LogP contribution in [0.1, 0.15) is 24.7 Å². The van der Waals surface area contributed by atoms with E-state index >= 15 is 0 Å². The minimum Gasteiger partial charge on any atom is -0.382 e. The Balaban J connectivity index is 2.18. The molecule has 1 fully saturated rings. The quantitative estimate of drug-likeness (QED) is 0.669. The number of nitrogens with two attached hydrogens (primary N) is 1. The van der Waals surface area contributed by atoms with Gasteiger partial charge in [0.1, 0.15) is 11.6 Å². The van der Waals surface area contributed by atoms with Crippen molar-refractivity contribution in [2.75, 3.05) is 18.8 Å². The number of piperidine rings is 1. The minimum absolute atomic E-state index is 0.589. The van der Waals surface area contributed by atoms with Crippen molar-refractivity contribution in [3.63, 3.8) is 0 Å². The van der Waals surface area contributed by atoms with Gasteiger partial charge in [-0.25, -0.2) is 4.98 Å². The average molecular weight is 180 g/mol. The summed E-state index contributed by atoms with van der Waals surface area (Å²) < 4.78 is 2.20. The third-order valence-electron chi connectivity index (χ3n) is 2.64. The van der Waals surface area contributed by atoms with Gasteiger partial charge >= 0.3 is 0 Å². The van der Waals surface area contributed by atoms with E-state index in [2.05, 4.69) is 14.9 Å².